The van der Waals surface area contributed by atoms with Crippen molar-refractivity contribution in [2.75, 3.05) is 37.6 Å². The topological polar surface area (TPSA) is 26.8 Å². The van der Waals surface area contributed by atoms with Gasteiger partial charge in [-0.3, -0.25) is 9.69 Å². The fraction of sp³-hybridized carbons (Fsp3) is 0.409. The maximum Gasteiger partial charge on any atom is 0.237 e. The van der Waals surface area contributed by atoms with Gasteiger partial charge in [-0.1, -0.05) is 30.3 Å². The second kappa shape index (κ2) is 9.00. The molecule has 2 aromatic rings. The number of piperazine rings is 1. The molecule has 0 N–H and O–H groups in total. The van der Waals surface area contributed by atoms with Gasteiger partial charge in [-0.25, -0.2) is 4.39 Å². The van der Waals surface area contributed by atoms with Gasteiger partial charge < -0.3 is 9.80 Å². The van der Waals surface area contributed by atoms with E-state index in [1.807, 2.05) is 35.2 Å². The zero-order chi connectivity index (χ0) is 19.2. The van der Waals surface area contributed by atoms with E-state index in [2.05, 4.69) is 35.8 Å². The third-order valence-corrected chi connectivity index (χ3v) is 5.06. The van der Waals surface area contributed by atoms with E-state index in [0.717, 1.165) is 37.4 Å². The van der Waals surface area contributed by atoms with Crippen molar-refractivity contribution < 1.29 is 9.18 Å². The van der Waals surface area contributed by atoms with Crippen molar-refractivity contribution in [1.82, 2.24) is 9.80 Å². The highest BCUT2D eigenvalue weighted by molar-refractivity contribution is 5.78. The molecule has 0 saturated carbocycles. The van der Waals surface area contributed by atoms with E-state index in [1.54, 1.807) is 0 Å². The summed E-state index contributed by atoms with van der Waals surface area (Å²) < 4.78 is 13.1. The zero-order valence-corrected chi connectivity index (χ0v) is 16.1. The lowest BCUT2D eigenvalue weighted by molar-refractivity contribution is -0.134. The van der Waals surface area contributed by atoms with Crippen LogP contribution in [0, 0.1) is 5.82 Å². The second-order valence-corrected chi connectivity index (χ2v) is 7.34. The van der Waals surface area contributed by atoms with Gasteiger partial charge in [-0.15, -0.1) is 0 Å². The number of rotatable bonds is 6. The van der Waals surface area contributed by atoms with Crippen LogP contribution in [0.4, 0.5) is 10.1 Å². The Kier molecular flexibility index (Phi) is 6.45. The van der Waals surface area contributed by atoms with Gasteiger partial charge in [-0.2, -0.15) is 0 Å². The number of hydrogen-bond donors (Lipinski definition) is 0. The Morgan fingerprint density at radius 1 is 1.00 bits per heavy atom. The predicted molar refractivity (Wildman–Crippen MR) is 107 cm³/mol. The summed E-state index contributed by atoms with van der Waals surface area (Å²) in [5.41, 5.74) is 2.19. The predicted octanol–water partition coefficient (Wildman–Crippen LogP) is 3.38. The summed E-state index contributed by atoms with van der Waals surface area (Å²) in [6.07, 6.45) is 0. The Labute approximate surface area is 161 Å². The first kappa shape index (κ1) is 19.4. The SMILES string of the molecule is CC(C)N(Cc1ccccc1)C(=O)CN1CCN(c2ccc(F)cc2)CC1. The van der Waals surface area contributed by atoms with Crippen molar-refractivity contribution in [3.63, 3.8) is 0 Å². The Hall–Kier alpha value is -2.40. The molecule has 4 nitrogen and oxygen atoms in total. The average Bonchev–Trinajstić information content (AvgIpc) is 2.68. The summed E-state index contributed by atoms with van der Waals surface area (Å²) in [5, 5.41) is 0. The van der Waals surface area contributed by atoms with Crippen molar-refractivity contribution in [1.29, 1.82) is 0 Å². The highest BCUT2D eigenvalue weighted by Crippen LogP contribution is 2.17. The van der Waals surface area contributed by atoms with Gasteiger partial charge in [0.1, 0.15) is 5.82 Å². The number of carbonyl (C=O) groups excluding carboxylic acids is 1. The van der Waals surface area contributed by atoms with Crippen LogP contribution >= 0.6 is 0 Å². The summed E-state index contributed by atoms with van der Waals surface area (Å²) >= 11 is 0. The number of amides is 1. The van der Waals surface area contributed by atoms with Crippen LogP contribution in [0.3, 0.4) is 0 Å². The average molecular weight is 369 g/mol. The van der Waals surface area contributed by atoms with Crippen LogP contribution in [0.25, 0.3) is 0 Å². The molecule has 144 valence electrons. The van der Waals surface area contributed by atoms with Crippen LogP contribution in [0.15, 0.2) is 54.6 Å². The smallest absolute Gasteiger partial charge is 0.237 e. The van der Waals surface area contributed by atoms with Crippen LogP contribution in [-0.2, 0) is 11.3 Å². The van der Waals surface area contributed by atoms with Crippen molar-refractivity contribution in [3.8, 4) is 0 Å². The van der Waals surface area contributed by atoms with E-state index in [0.29, 0.717) is 13.1 Å². The van der Waals surface area contributed by atoms with Crippen LogP contribution in [0.2, 0.25) is 0 Å². The molecule has 0 spiro atoms. The molecule has 0 atom stereocenters. The lowest BCUT2D eigenvalue weighted by atomic mass is 10.2. The van der Waals surface area contributed by atoms with Gasteiger partial charge in [-0.05, 0) is 43.7 Å². The molecule has 0 aliphatic carbocycles. The number of nitrogens with zero attached hydrogens (tertiary/aromatic N) is 3. The Balaban J connectivity index is 1.53. The third kappa shape index (κ3) is 5.30. The Morgan fingerprint density at radius 3 is 2.22 bits per heavy atom. The van der Waals surface area contributed by atoms with Gasteiger partial charge in [0.2, 0.25) is 5.91 Å². The molecular formula is C22H28FN3O. The van der Waals surface area contributed by atoms with Gasteiger partial charge in [0.25, 0.3) is 0 Å². The van der Waals surface area contributed by atoms with Crippen LogP contribution in [-0.4, -0.2) is 54.5 Å². The molecule has 0 aromatic heterocycles. The molecule has 3 rings (SSSR count). The molecule has 1 aliphatic rings. The lowest BCUT2D eigenvalue weighted by Crippen LogP contribution is -2.51. The quantitative estimate of drug-likeness (QED) is 0.781. The van der Waals surface area contributed by atoms with E-state index in [9.17, 15) is 9.18 Å². The summed E-state index contributed by atoms with van der Waals surface area (Å²) in [5.74, 6) is -0.0424. The van der Waals surface area contributed by atoms with E-state index in [-0.39, 0.29) is 17.8 Å². The van der Waals surface area contributed by atoms with Crippen LogP contribution < -0.4 is 4.90 Å². The molecule has 1 saturated heterocycles. The second-order valence-electron chi connectivity index (χ2n) is 7.34. The largest absolute Gasteiger partial charge is 0.369 e. The number of hydrogen-bond acceptors (Lipinski definition) is 3. The first-order valence-corrected chi connectivity index (χ1v) is 9.59. The van der Waals surface area contributed by atoms with Crippen molar-refractivity contribution in [2.45, 2.75) is 26.4 Å². The van der Waals surface area contributed by atoms with Crippen molar-refractivity contribution >= 4 is 11.6 Å². The Bertz CT molecular complexity index is 725. The zero-order valence-electron chi connectivity index (χ0n) is 16.1. The van der Waals surface area contributed by atoms with Gasteiger partial charge >= 0.3 is 0 Å². The molecule has 2 aromatic carbocycles. The van der Waals surface area contributed by atoms with Crippen molar-refractivity contribution in [3.05, 3.63) is 66.0 Å². The van der Waals surface area contributed by atoms with E-state index in [1.165, 1.54) is 12.1 Å². The maximum atomic E-state index is 13.1. The first-order valence-electron chi connectivity index (χ1n) is 9.59. The molecular weight excluding hydrogens is 341 g/mol. The number of halogens is 1. The minimum Gasteiger partial charge on any atom is -0.369 e. The molecule has 5 heteroatoms. The highest BCUT2D eigenvalue weighted by atomic mass is 19.1. The number of carbonyl (C=O) groups is 1. The summed E-state index contributed by atoms with van der Waals surface area (Å²) in [6.45, 7) is 8.58. The standard InChI is InChI=1S/C22H28FN3O/c1-18(2)26(16-19-6-4-3-5-7-19)22(27)17-24-12-14-25(15-13-24)21-10-8-20(23)9-11-21/h3-11,18H,12-17H2,1-2H3. The normalized spacial score (nSPS) is 15.2. The van der Waals surface area contributed by atoms with Crippen LogP contribution in [0.1, 0.15) is 19.4 Å². The van der Waals surface area contributed by atoms with E-state index >= 15 is 0 Å². The molecule has 0 bridgehead atoms. The van der Waals surface area contributed by atoms with Crippen LogP contribution in [0.5, 0.6) is 0 Å². The molecule has 0 unspecified atom stereocenters. The fourth-order valence-corrected chi connectivity index (χ4v) is 3.44. The first-order chi connectivity index (χ1) is 13.0. The summed E-state index contributed by atoms with van der Waals surface area (Å²) in [7, 11) is 0. The van der Waals surface area contributed by atoms with E-state index < -0.39 is 0 Å². The molecule has 1 amide bonds. The molecule has 27 heavy (non-hydrogen) atoms. The lowest BCUT2D eigenvalue weighted by Gasteiger charge is -2.37. The molecule has 1 aliphatic heterocycles. The Morgan fingerprint density at radius 2 is 1.63 bits per heavy atom. The number of anilines is 1. The monoisotopic (exact) mass is 369 g/mol. The van der Waals surface area contributed by atoms with E-state index in [4.69, 9.17) is 0 Å². The summed E-state index contributed by atoms with van der Waals surface area (Å²) in [4.78, 5) is 19.3. The van der Waals surface area contributed by atoms with Gasteiger partial charge in [0.05, 0.1) is 6.54 Å². The third-order valence-electron chi connectivity index (χ3n) is 5.06. The molecule has 1 heterocycles. The van der Waals surface area contributed by atoms with Gasteiger partial charge in [0.15, 0.2) is 0 Å². The van der Waals surface area contributed by atoms with Crippen molar-refractivity contribution in [2.24, 2.45) is 0 Å². The molecule has 1 fully saturated rings. The minimum absolute atomic E-state index is 0.165. The maximum absolute atomic E-state index is 13.1. The molecule has 0 radical (unpaired) electrons. The fourth-order valence-electron chi connectivity index (χ4n) is 3.44. The minimum atomic E-state index is -0.213. The summed E-state index contributed by atoms with van der Waals surface area (Å²) in [6, 6.07) is 16.9. The van der Waals surface area contributed by atoms with Gasteiger partial charge in [0, 0.05) is 44.5 Å². The number of benzene rings is 2. The highest BCUT2D eigenvalue weighted by Gasteiger charge is 2.23.